The van der Waals surface area contributed by atoms with Gasteiger partial charge in [-0.05, 0) is 65.7 Å². The lowest BCUT2D eigenvalue weighted by molar-refractivity contribution is -0.140. The number of aliphatic hydroxyl groups excluding tert-OH is 2. The van der Waals surface area contributed by atoms with E-state index < -0.39 is 23.9 Å². The van der Waals surface area contributed by atoms with Crippen LogP contribution in [-0.2, 0) is 14.3 Å². The normalized spacial score (nSPS) is 22.7. The molecule has 2 aromatic carbocycles. The molecule has 0 spiro atoms. The smallest absolute Gasteiger partial charge is 0.233 e. The maximum absolute atomic E-state index is 13.3. The zero-order valence-electron chi connectivity index (χ0n) is 22.0. The summed E-state index contributed by atoms with van der Waals surface area (Å²) in [6.07, 6.45) is 3.06. The van der Waals surface area contributed by atoms with E-state index >= 15 is 0 Å². The van der Waals surface area contributed by atoms with Gasteiger partial charge < -0.3 is 20.1 Å². The first-order valence-electron chi connectivity index (χ1n) is 13.3. The third-order valence-electron chi connectivity index (χ3n) is 7.66. The van der Waals surface area contributed by atoms with Gasteiger partial charge in [0.15, 0.2) is 0 Å². The van der Waals surface area contributed by atoms with Crippen LogP contribution in [0, 0.1) is 17.8 Å². The van der Waals surface area contributed by atoms with Crippen molar-refractivity contribution in [1.29, 1.82) is 0 Å². The quantitative estimate of drug-likeness (QED) is 0.235. The highest BCUT2D eigenvalue weighted by atomic mass is 16.5. The number of rotatable bonds is 11. The molecule has 1 fully saturated rings. The molecule has 1 aliphatic carbocycles. The number of amides is 2. The molecule has 0 unspecified atom stereocenters. The molecule has 2 aliphatic rings. The van der Waals surface area contributed by atoms with E-state index in [0.29, 0.717) is 37.8 Å². The first kappa shape index (κ1) is 27.8. The second-order valence-electron chi connectivity index (χ2n) is 10.1. The average molecular weight is 520 g/mol. The number of aromatic hydroxyl groups is 1. The predicted molar refractivity (Wildman–Crippen MR) is 146 cm³/mol. The summed E-state index contributed by atoms with van der Waals surface area (Å²) >= 11 is 0. The molecule has 4 atom stereocenters. The third kappa shape index (κ3) is 5.75. The zero-order valence-corrected chi connectivity index (χ0v) is 22.0. The number of hydrogen-bond acceptors (Lipinski definition) is 6. The molecule has 7 heteroatoms. The van der Waals surface area contributed by atoms with Gasteiger partial charge in [-0.1, -0.05) is 55.5 Å². The molecule has 2 amide bonds. The van der Waals surface area contributed by atoms with Gasteiger partial charge in [0.05, 0.1) is 31.2 Å². The SMILES string of the molecule is CCCN1C(=O)[C@@H]2[C@@H](CC(COC)=C([C@H](O)CC/C(=C/c3ccc(O)cc3)c3ccccc3)[C@@H]2CO)C1=O. The van der Waals surface area contributed by atoms with Crippen LogP contribution in [0.4, 0.5) is 0 Å². The fraction of sp³-hybridized carbons (Fsp3) is 0.419. The van der Waals surface area contributed by atoms with Crippen molar-refractivity contribution in [3.8, 4) is 5.75 Å². The molecule has 2 aromatic rings. The number of aliphatic hydroxyl groups is 2. The van der Waals surface area contributed by atoms with Gasteiger partial charge >= 0.3 is 0 Å². The number of methoxy groups -OCH3 is 1. The molecule has 0 saturated carbocycles. The van der Waals surface area contributed by atoms with E-state index in [9.17, 15) is 24.9 Å². The van der Waals surface area contributed by atoms with Gasteiger partial charge in [-0.15, -0.1) is 0 Å². The molecule has 1 saturated heterocycles. The van der Waals surface area contributed by atoms with Crippen molar-refractivity contribution in [3.05, 3.63) is 76.9 Å². The van der Waals surface area contributed by atoms with Crippen molar-refractivity contribution < 1.29 is 29.6 Å². The summed E-state index contributed by atoms with van der Waals surface area (Å²) in [5.41, 5.74) is 4.39. The minimum atomic E-state index is -0.909. The molecular weight excluding hydrogens is 482 g/mol. The Morgan fingerprint density at radius 1 is 1.11 bits per heavy atom. The molecule has 7 nitrogen and oxygen atoms in total. The van der Waals surface area contributed by atoms with Crippen molar-refractivity contribution in [2.45, 2.75) is 38.7 Å². The molecule has 0 radical (unpaired) electrons. The van der Waals surface area contributed by atoms with Crippen LogP contribution in [0.5, 0.6) is 5.75 Å². The monoisotopic (exact) mass is 519 g/mol. The number of likely N-dealkylation sites (tertiary alicyclic amines) is 1. The summed E-state index contributed by atoms with van der Waals surface area (Å²) in [4.78, 5) is 27.6. The number of nitrogens with zero attached hydrogens (tertiary/aromatic N) is 1. The molecule has 3 N–H and O–H groups in total. The highest BCUT2D eigenvalue weighted by molar-refractivity contribution is 6.05. The van der Waals surface area contributed by atoms with Crippen LogP contribution >= 0.6 is 0 Å². The number of fused-ring (bicyclic) bond motifs is 1. The van der Waals surface area contributed by atoms with Crippen LogP contribution < -0.4 is 0 Å². The van der Waals surface area contributed by atoms with E-state index in [1.807, 2.05) is 55.5 Å². The number of hydrogen-bond donors (Lipinski definition) is 3. The second kappa shape index (κ2) is 12.5. The van der Waals surface area contributed by atoms with Crippen molar-refractivity contribution in [3.63, 3.8) is 0 Å². The van der Waals surface area contributed by atoms with E-state index in [0.717, 1.165) is 22.3 Å². The van der Waals surface area contributed by atoms with Crippen molar-refractivity contribution in [2.75, 3.05) is 26.9 Å². The van der Waals surface area contributed by atoms with E-state index in [-0.39, 0.29) is 30.8 Å². The number of benzene rings is 2. The average Bonchev–Trinajstić information content (AvgIpc) is 3.16. The van der Waals surface area contributed by atoms with Gasteiger partial charge in [0.25, 0.3) is 0 Å². The predicted octanol–water partition coefficient (Wildman–Crippen LogP) is 4.04. The van der Waals surface area contributed by atoms with E-state index in [4.69, 9.17) is 4.74 Å². The van der Waals surface area contributed by atoms with E-state index in [2.05, 4.69) is 0 Å². The minimum absolute atomic E-state index is 0.189. The number of phenolic OH excluding ortho intramolecular Hbond substituents is 1. The largest absolute Gasteiger partial charge is 0.508 e. The Labute approximate surface area is 224 Å². The zero-order chi connectivity index (χ0) is 27.2. The highest BCUT2D eigenvalue weighted by Crippen LogP contribution is 2.46. The van der Waals surface area contributed by atoms with Gasteiger partial charge in [-0.25, -0.2) is 0 Å². The number of imide groups is 1. The summed E-state index contributed by atoms with van der Waals surface area (Å²) in [5, 5.41) is 31.6. The summed E-state index contributed by atoms with van der Waals surface area (Å²) in [7, 11) is 1.57. The van der Waals surface area contributed by atoms with Crippen LogP contribution in [0.2, 0.25) is 0 Å². The lowest BCUT2D eigenvalue weighted by atomic mass is 9.68. The second-order valence-corrected chi connectivity index (χ2v) is 10.1. The standard InChI is InChI=1S/C31H37NO6/c1-3-15-32-30(36)25-17-23(19-38-2)28(26(18-33)29(25)31(32)37)27(35)14-11-22(21-7-5-4-6-8-21)16-20-9-12-24(34)13-10-20/h4-10,12-13,16,25-27,29,33-35H,3,11,14-15,17-19H2,1-2H3/b22-16-/t25-,26+,27-,29-/m1/s1. The van der Waals surface area contributed by atoms with Crippen LogP contribution in [-0.4, -0.2) is 65.0 Å². The highest BCUT2D eigenvalue weighted by Gasteiger charge is 2.54. The number of phenols is 1. The minimum Gasteiger partial charge on any atom is -0.508 e. The lowest BCUT2D eigenvalue weighted by Crippen LogP contribution is -2.39. The van der Waals surface area contributed by atoms with Gasteiger partial charge in [-0.3, -0.25) is 14.5 Å². The fourth-order valence-electron chi connectivity index (χ4n) is 5.95. The Kier molecular flexibility index (Phi) is 9.15. The maximum Gasteiger partial charge on any atom is 0.233 e. The van der Waals surface area contributed by atoms with Gasteiger partial charge in [-0.2, -0.15) is 0 Å². The first-order valence-corrected chi connectivity index (χ1v) is 13.3. The molecule has 0 bridgehead atoms. The lowest BCUT2D eigenvalue weighted by Gasteiger charge is -2.36. The molecule has 202 valence electrons. The van der Waals surface area contributed by atoms with Crippen LogP contribution in [0.15, 0.2) is 65.7 Å². The van der Waals surface area contributed by atoms with Gasteiger partial charge in [0.1, 0.15) is 5.75 Å². The van der Waals surface area contributed by atoms with Crippen LogP contribution in [0.1, 0.15) is 43.7 Å². The van der Waals surface area contributed by atoms with E-state index in [1.165, 1.54) is 4.90 Å². The summed E-state index contributed by atoms with van der Waals surface area (Å²) in [5.74, 6) is -2.06. The Balaban J connectivity index is 1.63. The Hall–Kier alpha value is -3.26. The Morgan fingerprint density at radius 2 is 1.82 bits per heavy atom. The van der Waals surface area contributed by atoms with Crippen molar-refractivity contribution >= 4 is 23.5 Å². The number of carbonyl (C=O) groups excluding carboxylic acids is 2. The summed E-state index contributed by atoms with van der Waals surface area (Å²) in [6, 6.07) is 16.8. The maximum atomic E-state index is 13.3. The molecule has 1 aliphatic heterocycles. The molecule has 38 heavy (non-hydrogen) atoms. The summed E-state index contributed by atoms with van der Waals surface area (Å²) in [6.45, 7) is 2.19. The third-order valence-corrected chi connectivity index (χ3v) is 7.66. The Bertz CT molecular complexity index is 1190. The van der Waals surface area contributed by atoms with E-state index in [1.54, 1.807) is 19.2 Å². The molecular formula is C31H37NO6. The van der Waals surface area contributed by atoms with Crippen LogP contribution in [0.3, 0.4) is 0 Å². The summed E-state index contributed by atoms with van der Waals surface area (Å²) < 4.78 is 5.43. The molecule has 0 aromatic heterocycles. The van der Waals surface area contributed by atoms with Crippen LogP contribution in [0.25, 0.3) is 11.6 Å². The van der Waals surface area contributed by atoms with Crippen molar-refractivity contribution in [2.24, 2.45) is 17.8 Å². The Morgan fingerprint density at radius 3 is 2.45 bits per heavy atom. The van der Waals surface area contributed by atoms with Gasteiger partial charge in [0, 0.05) is 19.6 Å². The number of ether oxygens (including phenoxy) is 1. The number of carbonyl (C=O) groups is 2. The van der Waals surface area contributed by atoms with Crippen molar-refractivity contribution in [1.82, 2.24) is 4.90 Å². The first-order chi connectivity index (χ1) is 18.4. The molecule has 4 rings (SSSR count). The topological polar surface area (TPSA) is 107 Å². The number of allylic oxidation sites excluding steroid dienone is 1. The van der Waals surface area contributed by atoms with Gasteiger partial charge in [0.2, 0.25) is 11.8 Å². The fourth-order valence-corrected chi connectivity index (χ4v) is 5.95. The molecule has 1 heterocycles.